The zero-order valence-electron chi connectivity index (χ0n) is 12.5. The Hall–Kier alpha value is -0.650. The fourth-order valence-corrected chi connectivity index (χ4v) is 3.07. The number of hydrogen-bond donors (Lipinski definition) is 1. The first-order valence-corrected chi connectivity index (χ1v) is 9.61. The SMILES string of the molecule is CCCNC(CCCS(C)(=O)=O)Cc1cccc(Cl)c1F. The van der Waals surface area contributed by atoms with Gasteiger partial charge in [-0.1, -0.05) is 30.7 Å². The summed E-state index contributed by atoms with van der Waals surface area (Å²) >= 11 is 5.79. The van der Waals surface area contributed by atoms with E-state index in [1.165, 1.54) is 12.3 Å². The molecule has 0 aliphatic carbocycles. The van der Waals surface area contributed by atoms with E-state index in [-0.39, 0.29) is 22.6 Å². The van der Waals surface area contributed by atoms with Crippen LogP contribution in [-0.2, 0) is 16.3 Å². The van der Waals surface area contributed by atoms with Crippen molar-refractivity contribution in [3.05, 3.63) is 34.6 Å². The maximum atomic E-state index is 13.9. The lowest BCUT2D eigenvalue weighted by Gasteiger charge is -2.19. The highest BCUT2D eigenvalue weighted by atomic mass is 35.5. The van der Waals surface area contributed by atoms with E-state index in [1.807, 2.05) is 0 Å². The van der Waals surface area contributed by atoms with Crippen molar-refractivity contribution in [3.8, 4) is 0 Å². The lowest BCUT2D eigenvalue weighted by Crippen LogP contribution is -2.32. The molecule has 120 valence electrons. The van der Waals surface area contributed by atoms with Crippen molar-refractivity contribution in [2.45, 2.75) is 38.6 Å². The van der Waals surface area contributed by atoms with Crippen molar-refractivity contribution < 1.29 is 12.8 Å². The summed E-state index contributed by atoms with van der Waals surface area (Å²) in [6.07, 6.45) is 3.98. The Balaban J connectivity index is 2.66. The minimum Gasteiger partial charge on any atom is -0.314 e. The second-order valence-electron chi connectivity index (χ2n) is 5.34. The Morgan fingerprint density at radius 1 is 1.38 bits per heavy atom. The molecule has 1 aromatic rings. The fourth-order valence-electron chi connectivity index (χ4n) is 2.19. The van der Waals surface area contributed by atoms with Gasteiger partial charge in [-0.05, 0) is 43.9 Å². The smallest absolute Gasteiger partial charge is 0.147 e. The summed E-state index contributed by atoms with van der Waals surface area (Å²) in [7, 11) is -2.95. The van der Waals surface area contributed by atoms with Crippen LogP contribution in [-0.4, -0.2) is 33.0 Å². The number of rotatable bonds is 9. The van der Waals surface area contributed by atoms with Gasteiger partial charge in [0.25, 0.3) is 0 Å². The summed E-state index contributed by atoms with van der Waals surface area (Å²) in [4.78, 5) is 0. The van der Waals surface area contributed by atoms with E-state index in [0.29, 0.717) is 24.8 Å². The minimum absolute atomic E-state index is 0.0552. The first-order valence-electron chi connectivity index (χ1n) is 7.17. The van der Waals surface area contributed by atoms with Crippen molar-refractivity contribution in [2.24, 2.45) is 0 Å². The van der Waals surface area contributed by atoms with Gasteiger partial charge in [0.15, 0.2) is 0 Å². The summed E-state index contributed by atoms with van der Waals surface area (Å²) in [6.45, 7) is 2.88. The lowest BCUT2D eigenvalue weighted by molar-refractivity contribution is 0.463. The normalized spacial score (nSPS) is 13.3. The van der Waals surface area contributed by atoms with Crippen LogP contribution in [0.3, 0.4) is 0 Å². The average molecular weight is 336 g/mol. The second kappa shape index (κ2) is 8.71. The molecular weight excluding hydrogens is 313 g/mol. The van der Waals surface area contributed by atoms with Crippen LogP contribution in [0.25, 0.3) is 0 Å². The molecule has 0 saturated heterocycles. The number of sulfone groups is 1. The first kappa shape index (κ1) is 18.4. The minimum atomic E-state index is -2.95. The highest BCUT2D eigenvalue weighted by molar-refractivity contribution is 7.90. The number of nitrogens with one attached hydrogen (secondary N) is 1. The van der Waals surface area contributed by atoms with Crippen LogP contribution in [0.4, 0.5) is 4.39 Å². The van der Waals surface area contributed by atoms with E-state index in [0.717, 1.165) is 13.0 Å². The molecule has 0 radical (unpaired) electrons. The van der Waals surface area contributed by atoms with Crippen LogP contribution in [0.5, 0.6) is 0 Å². The quantitative estimate of drug-likeness (QED) is 0.753. The van der Waals surface area contributed by atoms with Crippen molar-refractivity contribution in [1.29, 1.82) is 0 Å². The summed E-state index contributed by atoms with van der Waals surface area (Å²) in [5.41, 5.74) is 0.565. The van der Waals surface area contributed by atoms with Crippen molar-refractivity contribution in [2.75, 3.05) is 18.6 Å². The lowest BCUT2D eigenvalue weighted by atomic mass is 10.0. The van der Waals surface area contributed by atoms with Gasteiger partial charge in [0, 0.05) is 18.1 Å². The molecule has 0 aliphatic heterocycles. The summed E-state index contributed by atoms with van der Waals surface area (Å²) in [5, 5.41) is 3.47. The molecule has 6 heteroatoms. The molecule has 0 heterocycles. The average Bonchev–Trinajstić information content (AvgIpc) is 2.39. The monoisotopic (exact) mass is 335 g/mol. The van der Waals surface area contributed by atoms with Gasteiger partial charge in [-0.2, -0.15) is 0 Å². The second-order valence-corrected chi connectivity index (χ2v) is 8.01. The summed E-state index contributed by atoms with van der Waals surface area (Å²) in [5.74, 6) is -0.222. The summed E-state index contributed by atoms with van der Waals surface area (Å²) < 4.78 is 36.3. The van der Waals surface area contributed by atoms with Gasteiger partial charge in [-0.25, -0.2) is 12.8 Å². The molecule has 21 heavy (non-hydrogen) atoms. The molecule has 0 amide bonds. The predicted octanol–water partition coefficient (Wildman–Crippen LogP) is 3.21. The zero-order valence-corrected chi connectivity index (χ0v) is 14.1. The van der Waals surface area contributed by atoms with Gasteiger partial charge in [-0.3, -0.25) is 0 Å². The summed E-state index contributed by atoms with van der Waals surface area (Å²) in [6, 6.07) is 5.03. The van der Waals surface area contributed by atoms with Gasteiger partial charge >= 0.3 is 0 Å². The molecule has 1 atom stereocenters. The van der Waals surface area contributed by atoms with Gasteiger partial charge in [0.05, 0.1) is 5.02 Å². The molecule has 1 N–H and O–H groups in total. The molecular formula is C15H23ClFNO2S. The Bertz CT molecular complexity index is 549. The van der Waals surface area contributed by atoms with Gasteiger partial charge < -0.3 is 5.32 Å². The van der Waals surface area contributed by atoms with E-state index < -0.39 is 9.84 Å². The third-order valence-electron chi connectivity index (χ3n) is 3.25. The molecule has 1 aromatic carbocycles. The molecule has 0 spiro atoms. The van der Waals surface area contributed by atoms with Crippen molar-refractivity contribution in [3.63, 3.8) is 0 Å². The molecule has 0 fully saturated rings. The van der Waals surface area contributed by atoms with Gasteiger partial charge in [0.1, 0.15) is 15.7 Å². The molecule has 0 aliphatic rings. The van der Waals surface area contributed by atoms with E-state index in [4.69, 9.17) is 11.6 Å². The standard InChI is InChI=1S/C15H23ClFNO2S/c1-3-9-18-13(7-5-10-21(2,19)20)11-12-6-4-8-14(16)15(12)17/h4,6,8,13,18H,3,5,7,9-11H2,1-2H3. The first-order chi connectivity index (χ1) is 9.83. The van der Waals surface area contributed by atoms with Crippen molar-refractivity contribution >= 4 is 21.4 Å². The van der Waals surface area contributed by atoms with E-state index in [2.05, 4.69) is 12.2 Å². The van der Waals surface area contributed by atoms with Crippen LogP contribution in [0.15, 0.2) is 18.2 Å². The van der Waals surface area contributed by atoms with Crippen LogP contribution >= 0.6 is 11.6 Å². The predicted molar refractivity (Wildman–Crippen MR) is 86.1 cm³/mol. The van der Waals surface area contributed by atoms with Crippen LogP contribution < -0.4 is 5.32 Å². The Morgan fingerprint density at radius 3 is 2.71 bits per heavy atom. The topological polar surface area (TPSA) is 46.2 Å². The number of hydrogen-bond acceptors (Lipinski definition) is 3. The van der Waals surface area contributed by atoms with E-state index in [1.54, 1.807) is 12.1 Å². The Labute approximate surface area is 131 Å². The van der Waals surface area contributed by atoms with Gasteiger partial charge in [-0.15, -0.1) is 0 Å². The fraction of sp³-hybridized carbons (Fsp3) is 0.600. The Morgan fingerprint density at radius 2 is 2.10 bits per heavy atom. The highest BCUT2D eigenvalue weighted by Gasteiger charge is 2.14. The Kier molecular flexibility index (Phi) is 7.63. The maximum Gasteiger partial charge on any atom is 0.147 e. The largest absolute Gasteiger partial charge is 0.314 e. The highest BCUT2D eigenvalue weighted by Crippen LogP contribution is 2.20. The third kappa shape index (κ3) is 7.25. The molecule has 1 unspecified atom stereocenters. The van der Waals surface area contributed by atoms with Gasteiger partial charge in [0.2, 0.25) is 0 Å². The molecule has 3 nitrogen and oxygen atoms in total. The van der Waals surface area contributed by atoms with Crippen molar-refractivity contribution in [1.82, 2.24) is 5.32 Å². The third-order valence-corrected chi connectivity index (χ3v) is 4.57. The van der Waals surface area contributed by atoms with Crippen LogP contribution in [0, 0.1) is 5.82 Å². The molecule has 0 saturated carbocycles. The molecule has 0 bridgehead atoms. The number of halogens is 2. The van der Waals surface area contributed by atoms with Crippen LogP contribution in [0.2, 0.25) is 5.02 Å². The van der Waals surface area contributed by atoms with Crippen LogP contribution in [0.1, 0.15) is 31.7 Å². The molecule has 1 rings (SSSR count). The van der Waals surface area contributed by atoms with E-state index in [9.17, 15) is 12.8 Å². The molecule has 0 aromatic heterocycles. The zero-order chi connectivity index (χ0) is 15.9. The number of benzene rings is 1. The maximum absolute atomic E-state index is 13.9. The van der Waals surface area contributed by atoms with E-state index >= 15 is 0 Å².